The Morgan fingerprint density at radius 3 is 2.24 bits per heavy atom. The summed E-state index contributed by atoms with van der Waals surface area (Å²) in [6, 6.07) is 9.91. The Labute approximate surface area is 219 Å². The van der Waals surface area contributed by atoms with Crippen molar-refractivity contribution in [3.63, 3.8) is 0 Å². The highest BCUT2D eigenvalue weighted by Gasteiger charge is 2.16. The molecule has 10 N–H and O–H groups in total. The van der Waals surface area contributed by atoms with Gasteiger partial charge in [0.25, 0.3) is 0 Å². The van der Waals surface area contributed by atoms with Crippen LogP contribution in [0.5, 0.6) is 5.75 Å². The standard InChI is InChI=1S/C12H22N6O.C11H15NO4.C2H6/c1-16-9(4-2-3-7-13)12(19)18-10-6-5-8(14)11(15)17-10;1-8(2)16-11(13)15-7-14-10-6-4-3-5-9(10)12;1-2/h5-6,9,16H,2-4,7,13-14H2,1H3,(H3,15,17,18,19);3-6,8H,7,12H2,1-2H3;1-2H3. The second-order valence-electron chi connectivity index (χ2n) is 7.65. The number of unbranched alkanes of at least 4 members (excludes halogenated alkanes) is 1. The van der Waals surface area contributed by atoms with Gasteiger partial charge < -0.3 is 47.8 Å². The van der Waals surface area contributed by atoms with E-state index in [1.165, 1.54) is 0 Å². The zero-order valence-electron chi connectivity index (χ0n) is 22.5. The molecule has 0 saturated heterocycles. The second kappa shape index (κ2) is 19.4. The number of anilines is 4. The van der Waals surface area contributed by atoms with Crippen LogP contribution < -0.4 is 38.3 Å². The van der Waals surface area contributed by atoms with Crippen LogP contribution in [0.1, 0.15) is 47.0 Å². The monoisotopic (exact) mass is 521 g/mol. The van der Waals surface area contributed by atoms with Gasteiger partial charge in [0.2, 0.25) is 12.7 Å². The number of hydrogen-bond acceptors (Lipinski definition) is 11. The molecule has 1 aromatic heterocycles. The Morgan fingerprint density at radius 2 is 1.68 bits per heavy atom. The highest BCUT2D eigenvalue weighted by atomic mass is 16.8. The van der Waals surface area contributed by atoms with E-state index in [2.05, 4.69) is 20.4 Å². The first kappa shape index (κ1) is 33.2. The number of carbonyl (C=O) groups is 2. The van der Waals surface area contributed by atoms with Gasteiger partial charge in [0.1, 0.15) is 17.4 Å². The van der Waals surface area contributed by atoms with Gasteiger partial charge in [0.05, 0.1) is 23.5 Å². The fourth-order valence-corrected chi connectivity index (χ4v) is 2.65. The van der Waals surface area contributed by atoms with E-state index in [0.717, 1.165) is 19.3 Å². The number of para-hydroxylation sites is 2. The molecular weight excluding hydrogens is 478 g/mol. The highest BCUT2D eigenvalue weighted by molar-refractivity contribution is 5.94. The van der Waals surface area contributed by atoms with Crippen molar-refractivity contribution in [1.29, 1.82) is 0 Å². The molecule has 2 aromatic rings. The lowest BCUT2D eigenvalue weighted by Crippen LogP contribution is -2.38. The molecule has 0 aliphatic heterocycles. The molecule has 1 unspecified atom stereocenters. The normalized spacial score (nSPS) is 10.7. The number of carbonyl (C=O) groups excluding carboxylic acids is 2. The first-order valence-corrected chi connectivity index (χ1v) is 12.2. The number of hydrogen-bond donors (Lipinski definition) is 6. The predicted molar refractivity (Wildman–Crippen MR) is 148 cm³/mol. The summed E-state index contributed by atoms with van der Waals surface area (Å²) < 4.78 is 14.6. The smallest absolute Gasteiger partial charge is 0.455 e. The summed E-state index contributed by atoms with van der Waals surface area (Å²) in [7, 11) is 1.75. The average Bonchev–Trinajstić information content (AvgIpc) is 2.86. The highest BCUT2D eigenvalue weighted by Crippen LogP contribution is 2.19. The summed E-state index contributed by atoms with van der Waals surface area (Å²) in [5.41, 5.74) is 23.1. The van der Waals surface area contributed by atoms with Crippen LogP contribution in [0.25, 0.3) is 0 Å². The van der Waals surface area contributed by atoms with Crippen molar-refractivity contribution in [3.05, 3.63) is 36.4 Å². The van der Waals surface area contributed by atoms with Gasteiger partial charge in [0.15, 0.2) is 0 Å². The van der Waals surface area contributed by atoms with Gasteiger partial charge in [-0.2, -0.15) is 0 Å². The van der Waals surface area contributed by atoms with Gasteiger partial charge in [-0.3, -0.25) is 4.79 Å². The first-order chi connectivity index (χ1) is 17.7. The molecule has 12 heteroatoms. The van der Waals surface area contributed by atoms with Gasteiger partial charge in [-0.05, 0) is 64.5 Å². The van der Waals surface area contributed by atoms with Crippen LogP contribution >= 0.6 is 0 Å². The number of likely N-dealkylation sites (N-methyl/N-ethyl adjacent to an activating group) is 1. The van der Waals surface area contributed by atoms with Gasteiger partial charge in [-0.15, -0.1) is 0 Å². The minimum atomic E-state index is -0.760. The maximum absolute atomic E-state index is 12.0. The molecule has 0 saturated carbocycles. The summed E-state index contributed by atoms with van der Waals surface area (Å²) >= 11 is 0. The van der Waals surface area contributed by atoms with Crippen LogP contribution in [-0.4, -0.2) is 49.6 Å². The summed E-state index contributed by atoms with van der Waals surface area (Å²) in [6.07, 6.45) is 1.55. The van der Waals surface area contributed by atoms with Crippen LogP contribution in [-0.2, 0) is 14.3 Å². The van der Waals surface area contributed by atoms with E-state index in [9.17, 15) is 9.59 Å². The number of ether oxygens (including phenoxy) is 3. The number of nitrogens with two attached hydrogens (primary N) is 4. The molecule has 0 radical (unpaired) electrons. The van der Waals surface area contributed by atoms with E-state index < -0.39 is 6.16 Å². The lowest BCUT2D eigenvalue weighted by atomic mass is 10.1. The maximum atomic E-state index is 12.0. The van der Waals surface area contributed by atoms with Crippen molar-refractivity contribution < 1.29 is 23.8 Å². The summed E-state index contributed by atoms with van der Waals surface area (Å²) in [4.78, 5) is 27.0. The zero-order valence-corrected chi connectivity index (χ0v) is 22.5. The molecule has 0 spiro atoms. The van der Waals surface area contributed by atoms with Crippen molar-refractivity contribution in [1.82, 2.24) is 10.3 Å². The number of nitrogens with one attached hydrogen (secondary N) is 2. The third kappa shape index (κ3) is 14.4. The Morgan fingerprint density at radius 1 is 1.00 bits per heavy atom. The molecule has 37 heavy (non-hydrogen) atoms. The fourth-order valence-electron chi connectivity index (χ4n) is 2.65. The van der Waals surface area contributed by atoms with E-state index in [-0.39, 0.29) is 30.7 Å². The SMILES string of the molecule is CC.CC(C)OC(=O)OCOc1ccccc1N.CNC(CCCCN)C(=O)Nc1ccc(N)c(N)n1. The van der Waals surface area contributed by atoms with Crippen molar-refractivity contribution in [2.24, 2.45) is 5.73 Å². The second-order valence-corrected chi connectivity index (χ2v) is 7.65. The van der Waals surface area contributed by atoms with Crippen molar-refractivity contribution in [2.75, 3.05) is 42.9 Å². The number of aromatic nitrogens is 1. The maximum Gasteiger partial charge on any atom is 0.511 e. The number of nitrogens with zero attached hydrogens (tertiary/aromatic N) is 1. The Balaban J connectivity index is 0.000000665. The quantitative estimate of drug-likeness (QED) is 0.110. The molecule has 1 heterocycles. The lowest BCUT2D eigenvalue weighted by molar-refractivity contribution is -0.118. The number of rotatable bonds is 11. The van der Waals surface area contributed by atoms with Gasteiger partial charge in [-0.25, -0.2) is 9.78 Å². The average molecular weight is 522 g/mol. The van der Waals surface area contributed by atoms with Crippen molar-refractivity contribution in [3.8, 4) is 5.75 Å². The largest absolute Gasteiger partial charge is 0.511 e. The van der Waals surface area contributed by atoms with E-state index in [4.69, 9.17) is 32.4 Å². The Bertz CT molecular complexity index is 928. The van der Waals surface area contributed by atoms with Gasteiger partial charge in [-0.1, -0.05) is 32.4 Å². The minimum absolute atomic E-state index is 0.142. The minimum Gasteiger partial charge on any atom is -0.455 e. The molecule has 0 bridgehead atoms. The van der Waals surface area contributed by atoms with E-state index in [1.807, 2.05) is 13.8 Å². The van der Waals surface area contributed by atoms with Crippen LogP contribution in [0.15, 0.2) is 36.4 Å². The molecular formula is C25H43N7O5. The molecule has 0 aliphatic rings. The number of pyridine rings is 1. The van der Waals surface area contributed by atoms with Gasteiger partial charge in [0, 0.05) is 0 Å². The molecule has 0 fully saturated rings. The number of benzene rings is 1. The molecule has 1 amide bonds. The van der Waals surface area contributed by atoms with Crippen LogP contribution in [0.4, 0.5) is 27.8 Å². The van der Waals surface area contributed by atoms with E-state index >= 15 is 0 Å². The third-order valence-corrected chi connectivity index (χ3v) is 4.46. The van der Waals surface area contributed by atoms with E-state index in [1.54, 1.807) is 57.3 Å². The van der Waals surface area contributed by atoms with Crippen LogP contribution in [0, 0.1) is 0 Å². The zero-order chi connectivity index (χ0) is 28.2. The Hall–Kier alpha value is -3.77. The fraction of sp³-hybridized carbons (Fsp3) is 0.480. The van der Waals surface area contributed by atoms with Crippen molar-refractivity contribution in [2.45, 2.75) is 59.1 Å². The number of amides is 1. The molecule has 12 nitrogen and oxygen atoms in total. The molecule has 0 aliphatic carbocycles. The molecule has 1 atom stereocenters. The van der Waals surface area contributed by atoms with Crippen LogP contribution in [0.2, 0.25) is 0 Å². The third-order valence-electron chi connectivity index (χ3n) is 4.46. The Kier molecular flexibility index (Phi) is 17.4. The van der Waals surface area contributed by atoms with E-state index in [0.29, 0.717) is 29.5 Å². The number of nitrogen functional groups attached to an aromatic ring is 3. The lowest BCUT2D eigenvalue weighted by Gasteiger charge is -2.15. The van der Waals surface area contributed by atoms with Gasteiger partial charge >= 0.3 is 6.16 Å². The predicted octanol–water partition coefficient (Wildman–Crippen LogP) is 3.09. The van der Waals surface area contributed by atoms with Crippen molar-refractivity contribution >= 4 is 35.1 Å². The van der Waals surface area contributed by atoms with Crippen LogP contribution in [0.3, 0.4) is 0 Å². The summed E-state index contributed by atoms with van der Waals surface area (Å²) in [6.45, 7) is 7.88. The first-order valence-electron chi connectivity index (χ1n) is 12.2. The summed E-state index contributed by atoms with van der Waals surface area (Å²) in [5, 5.41) is 5.68. The summed E-state index contributed by atoms with van der Waals surface area (Å²) in [5.74, 6) is 0.939. The molecule has 1 aromatic carbocycles. The topological polar surface area (TPSA) is 203 Å². The molecule has 208 valence electrons. The molecule has 2 rings (SSSR count).